The van der Waals surface area contributed by atoms with E-state index >= 15 is 0 Å². The van der Waals surface area contributed by atoms with Crippen molar-refractivity contribution in [3.8, 4) is 0 Å². The molecule has 0 radical (unpaired) electrons. The lowest BCUT2D eigenvalue weighted by Crippen LogP contribution is -2.16. The van der Waals surface area contributed by atoms with E-state index < -0.39 is 0 Å². The van der Waals surface area contributed by atoms with E-state index in [1.54, 1.807) is 19.9 Å². The Labute approximate surface area is 104 Å². The number of carbonyl (C=O) groups is 2. The maximum atomic E-state index is 11.4. The van der Waals surface area contributed by atoms with Crippen molar-refractivity contribution in [2.24, 2.45) is 5.92 Å². The molecule has 0 spiro atoms. The monoisotopic (exact) mass is 240 g/mol. The molecule has 0 N–H and O–H groups in total. The first kappa shape index (κ1) is 15.9. The van der Waals surface area contributed by atoms with Gasteiger partial charge in [0.2, 0.25) is 0 Å². The van der Waals surface area contributed by atoms with Gasteiger partial charge in [-0.3, -0.25) is 9.59 Å². The van der Waals surface area contributed by atoms with Crippen LogP contribution in [0.25, 0.3) is 0 Å². The van der Waals surface area contributed by atoms with Crippen molar-refractivity contribution in [2.75, 3.05) is 6.61 Å². The van der Waals surface area contributed by atoms with Crippen LogP contribution in [-0.4, -0.2) is 18.4 Å². The third-order valence-electron chi connectivity index (χ3n) is 2.55. The Morgan fingerprint density at radius 3 is 2.53 bits per heavy atom. The van der Waals surface area contributed by atoms with Gasteiger partial charge >= 0.3 is 5.97 Å². The van der Waals surface area contributed by atoms with Crippen LogP contribution in [0.5, 0.6) is 0 Å². The summed E-state index contributed by atoms with van der Waals surface area (Å²) in [5.74, 6) is -0.573. The summed E-state index contributed by atoms with van der Waals surface area (Å²) in [7, 11) is 0. The number of esters is 1. The SMILES string of the molecule is C/C=C/C(=O)[C@H](C)CC(=O)OCCCCCC. The van der Waals surface area contributed by atoms with Crippen LogP contribution in [-0.2, 0) is 14.3 Å². The van der Waals surface area contributed by atoms with Gasteiger partial charge in [-0.2, -0.15) is 0 Å². The second-order valence-corrected chi connectivity index (χ2v) is 4.29. The van der Waals surface area contributed by atoms with Gasteiger partial charge in [0.1, 0.15) is 0 Å². The van der Waals surface area contributed by atoms with Crippen molar-refractivity contribution in [3.63, 3.8) is 0 Å². The average Bonchev–Trinajstić information content (AvgIpc) is 2.29. The van der Waals surface area contributed by atoms with E-state index in [9.17, 15) is 9.59 Å². The zero-order chi connectivity index (χ0) is 13.1. The van der Waals surface area contributed by atoms with Gasteiger partial charge in [0.05, 0.1) is 13.0 Å². The molecule has 0 bridgehead atoms. The van der Waals surface area contributed by atoms with Gasteiger partial charge in [-0.15, -0.1) is 0 Å². The summed E-state index contributed by atoms with van der Waals surface area (Å²) in [5.41, 5.74) is 0. The molecule has 3 heteroatoms. The Bertz CT molecular complexity index is 256. The number of hydrogen-bond acceptors (Lipinski definition) is 3. The number of carbonyl (C=O) groups excluding carboxylic acids is 2. The van der Waals surface area contributed by atoms with E-state index in [1.807, 2.05) is 0 Å². The lowest BCUT2D eigenvalue weighted by molar-refractivity contribution is -0.146. The lowest BCUT2D eigenvalue weighted by Gasteiger charge is -2.08. The number of ether oxygens (including phenoxy) is 1. The molecule has 0 aliphatic carbocycles. The molecule has 0 aromatic carbocycles. The van der Waals surface area contributed by atoms with E-state index in [1.165, 1.54) is 18.9 Å². The fraction of sp³-hybridized carbons (Fsp3) is 0.714. The zero-order valence-corrected chi connectivity index (χ0v) is 11.2. The largest absolute Gasteiger partial charge is 0.466 e. The van der Waals surface area contributed by atoms with E-state index in [4.69, 9.17) is 4.74 Å². The summed E-state index contributed by atoms with van der Waals surface area (Å²) in [6.07, 6.45) is 7.72. The van der Waals surface area contributed by atoms with Crippen LogP contribution in [0, 0.1) is 5.92 Å². The summed E-state index contributed by atoms with van der Waals surface area (Å²) >= 11 is 0. The molecule has 1 atom stereocenters. The first-order valence-electron chi connectivity index (χ1n) is 6.44. The molecular weight excluding hydrogens is 216 g/mol. The third-order valence-corrected chi connectivity index (χ3v) is 2.55. The van der Waals surface area contributed by atoms with Gasteiger partial charge in [-0.1, -0.05) is 39.2 Å². The fourth-order valence-corrected chi connectivity index (χ4v) is 1.45. The van der Waals surface area contributed by atoms with Crippen molar-refractivity contribution in [2.45, 2.75) is 52.9 Å². The minimum absolute atomic E-state index is 0.0181. The number of allylic oxidation sites excluding steroid dienone is 2. The van der Waals surface area contributed by atoms with Gasteiger partial charge in [-0.05, 0) is 19.4 Å². The second kappa shape index (κ2) is 10.1. The molecule has 0 rings (SSSR count). The van der Waals surface area contributed by atoms with Crippen molar-refractivity contribution in [3.05, 3.63) is 12.2 Å². The van der Waals surface area contributed by atoms with Gasteiger partial charge in [0.25, 0.3) is 0 Å². The molecule has 0 fully saturated rings. The number of ketones is 1. The summed E-state index contributed by atoms with van der Waals surface area (Å²) in [4.78, 5) is 22.8. The Morgan fingerprint density at radius 1 is 1.24 bits per heavy atom. The van der Waals surface area contributed by atoms with Gasteiger partial charge in [-0.25, -0.2) is 0 Å². The lowest BCUT2D eigenvalue weighted by atomic mass is 10.0. The van der Waals surface area contributed by atoms with Crippen LogP contribution in [0.3, 0.4) is 0 Å². The van der Waals surface area contributed by atoms with Crippen LogP contribution in [0.2, 0.25) is 0 Å². The molecule has 0 aromatic heterocycles. The molecule has 0 unspecified atom stereocenters. The van der Waals surface area contributed by atoms with E-state index in [2.05, 4.69) is 6.92 Å². The summed E-state index contributed by atoms with van der Waals surface area (Å²) in [6.45, 7) is 6.15. The Kier molecular flexibility index (Phi) is 9.40. The summed E-state index contributed by atoms with van der Waals surface area (Å²) in [6, 6.07) is 0. The molecule has 0 heterocycles. The standard InChI is InChI=1S/C14H24O3/c1-4-6-7-8-10-17-14(16)11-12(3)13(15)9-5-2/h5,9,12H,4,6-8,10-11H2,1-3H3/b9-5+/t12-/m1/s1. The average molecular weight is 240 g/mol. The highest BCUT2D eigenvalue weighted by molar-refractivity contribution is 5.93. The van der Waals surface area contributed by atoms with Crippen LogP contribution in [0.4, 0.5) is 0 Å². The minimum Gasteiger partial charge on any atom is -0.466 e. The molecule has 0 aromatic rings. The highest BCUT2D eigenvalue weighted by Gasteiger charge is 2.15. The molecule has 0 saturated heterocycles. The predicted molar refractivity (Wildman–Crippen MR) is 68.7 cm³/mol. The quantitative estimate of drug-likeness (QED) is 0.353. The first-order chi connectivity index (χ1) is 8.11. The minimum atomic E-state index is -0.283. The molecule has 3 nitrogen and oxygen atoms in total. The van der Waals surface area contributed by atoms with Crippen LogP contribution < -0.4 is 0 Å². The van der Waals surface area contributed by atoms with Gasteiger partial charge in [0, 0.05) is 5.92 Å². The van der Waals surface area contributed by atoms with Crippen LogP contribution in [0.1, 0.15) is 52.9 Å². The van der Waals surface area contributed by atoms with E-state index in [0.717, 1.165) is 12.8 Å². The Hall–Kier alpha value is -1.12. The predicted octanol–water partition coefficient (Wildman–Crippen LogP) is 3.28. The summed E-state index contributed by atoms with van der Waals surface area (Å²) < 4.78 is 5.07. The van der Waals surface area contributed by atoms with Crippen LogP contribution in [0.15, 0.2) is 12.2 Å². The maximum Gasteiger partial charge on any atom is 0.306 e. The molecule has 0 aliphatic rings. The highest BCUT2D eigenvalue weighted by atomic mass is 16.5. The van der Waals surface area contributed by atoms with Crippen molar-refractivity contribution < 1.29 is 14.3 Å². The third kappa shape index (κ3) is 8.66. The molecular formula is C14H24O3. The molecule has 0 aliphatic heterocycles. The fourth-order valence-electron chi connectivity index (χ4n) is 1.45. The Balaban J connectivity index is 3.67. The highest BCUT2D eigenvalue weighted by Crippen LogP contribution is 2.07. The molecule has 0 saturated carbocycles. The maximum absolute atomic E-state index is 11.4. The van der Waals surface area contributed by atoms with Gasteiger partial charge < -0.3 is 4.74 Å². The smallest absolute Gasteiger partial charge is 0.306 e. The van der Waals surface area contributed by atoms with Crippen LogP contribution >= 0.6 is 0 Å². The number of rotatable bonds is 9. The van der Waals surface area contributed by atoms with Crippen molar-refractivity contribution in [1.82, 2.24) is 0 Å². The van der Waals surface area contributed by atoms with Crippen molar-refractivity contribution in [1.29, 1.82) is 0 Å². The zero-order valence-electron chi connectivity index (χ0n) is 11.2. The van der Waals surface area contributed by atoms with E-state index in [-0.39, 0.29) is 24.1 Å². The van der Waals surface area contributed by atoms with Crippen molar-refractivity contribution >= 4 is 11.8 Å². The first-order valence-corrected chi connectivity index (χ1v) is 6.44. The molecule has 0 amide bonds. The topological polar surface area (TPSA) is 43.4 Å². The Morgan fingerprint density at radius 2 is 1.94 bits per heavy atom. The molecule has 98 valence electrons. The summed E-state index contributed by atoms with van der Waals surface area (Å²) in [5, 5.41) is 0. The van der Waals surface area contributed by atoms with E-state index in [0.29, 0.717) is 6.61 Å². The normalized spacial score (nSPS) is 12.6. The number of hydrogen-bond donors (Lipinski definition) is 0. The second-order valence-electron chi connectivity index (χ2n) is 4.29. The van der Waals surface area contributed by atoms with Gasteiger partial charge in [0.15, 0.2) is 5.78 Å². The molecule has 17 heavy (non-hydrogen) atoms. The number of unbranched alkanes of at least 4 members (excludes halogenated alkanes) is 3.